The highest BCUT2D eigenvalue weighted by molar-refractivity contribution is 7.99. The van der Waals surface area contributed by atoms with Gasteiger partial charge >= 0.3 is 0 Å². The predicted molar refractivity (Wildman–Crippen MR) is 96.1 cm³/mol. The van der Waals surface area contributed by atoms with Crippen LogP contribution in [0.1, 0.15) is 34.4 Å². The lowest BCUT2D eigenvalue weighted by molar-refractivity contribution is -0.115. The summed E-state index contributed by atoms with van der Waals surface area (Å²) in [6.45, 7) is 7.74. The number of carbonyl (C=O) groups excluding carboxylic acids is 1. The number of thioether (sulfide) groups is 1. The number of anilines is 1. The molecule has 6 heteroatoms. The predicted octanol–water partition coefficient (Wildman–Crippen LogP) is 3.70. The second kappa shape index (κ2) is 7.93. The summed E-state index contributed by atoms with van der Waals surface area (Å²) in [5.74, 6) is 1.05. The van der Waals surface area contributed by atoms with E-state index in [1.807, 2.05) is 39.8 Å². The number of hydrogen-bond donors (Lipinski definition) is 1. The maximum absolute atomic E-state index is 12.0. The average molecular weight is 340 g/mol. The monoisotopic (exact) mass is 340 g/mol. The lowest BCUT2D eigenvalue weighted by Gasteiger charge is -2.11. The Balaban J connectivity index is 1.99. The smallest absolute Gasteiger partial charge is 0.226 e. The van der Waals surface area contributed by atoms with Crippen LogP contribution >= 0.6 is 11.8 Å². The van der Waals surface area contributed by atoms with E-state index in [1.54, 1.807) is 6.20 Å². The molecular weight excluding hydrogens is 320 g/mol. The van der Waals surface area contributed by atoms with Crippen molar-refractivity contribution in [2.45, 2.75) is 39.1 Å². The van der Waals surface area contributed by atoms with Gasteiger partial charge < -0.3 is 5.32 Å². The molecule has 0 atom stereocenters. The summed E-state index contributed by atoms with van der Waals surface area (Å²) in [6, 6.07) is 5.96. The fourth-order valence-corrected chi connectivity index (χ4v) is 3.22. The molecule has 24 heavy (non-hydrogen) atoms. The third-order valence-electron chi connectivity index (χ3n) is 3.91. The molecule has 0 bridgehead atoms. The summed E-state index contributed by atoms with van der Waals surface area (Å²) in [5.41, 5.74) is 4.45. The van der Waals surface area contributed by atoms with Gasteiger partial charge in [0.2, 0.25) is 5.91 Å². The Bertz CT molecular complexity index is 811. The van der Waals surface area contributed by atoms with Crippen LogP contribution in [0.4, 0.5) is 5.82 Å². The number of nitrogens with one attached hydrogen (secondary N) is 1. The Kier molecular flexibility index (Phi) is 5.93. The number of nitriles is 1. The summed E-state index contributed by atoms with van der Waals surface area (Å²) >= 11 is 1.44. The Morgan fingerprint density at radius 1 is 1.29 bits per heavy atom. The van der Waals surface area contributed by atoms with E-state index in [2.05, 4.69) is 21.4 Å². The van der Waals surface area contributed by atoms with Gasteiger partial charge in [-0.25, -0.2) is 9.97 Å². The van der Waals surface area contributed by atoms with Crippen molar-refractivity contribution in [3.05, 3.63) is 46.3 Å². The van der Waals surface area contributed by atoms with E-state index in [4.69, 9.17) is 0 Å². The number of rotatable bonds is 5. The maximum atomic E-state index is 12.0. The number of amides is 1. The minimum atomic E-state index is -0.0941. The Morgan fingerprint density at radius 2 is 2.04 bits per heavy atom. The number of aryl methyl sites for hydroxylation is 2. The zero-order valence-corrected chi connectivity index (χ0v) is 15.1. The van der Waals surface area contributed by atoms with Crippen LogP contribution in [0.15, 0.2) is 23.4 Å². The van der Waals surface area contributed by atoms with Crippen molar-refractivity contribution in [2.24, 2.45) is 0 Å². The summed E-state index contributed by atoms with van der Waals surface area (Å²) in [5, 5.41) is 12.9. The molecule has 5 nitrogen and oxygen atoms in total. The maximum Gasteiger partial charge on any atom is 0.226 e. The van der Waals surface area contributed by atoms with Crippen LogP contribution in [0.25, 0.3) is 0 Å². The normalized spacial score (nSPS) is 10.3. The molecule has 0 aromatic carbocycles. The fraction of sp³-hybridized carbons (Fsp3) is 0.333. The van der Waals surface area contributed by atoms with Gasteiger partial charge in [-0.1, -0.05) is 6.07 Å². The molecule has 0 aliphatic heterocycles. The molecule has 0 fully saturated rings. The number of nitrogens with zero attached hydrogens (tertiary/aromatic N) is 3. The van der Waals surface area contributed by atoms with Crippen molar-refractivity contribution in [1.29, 1.82) is 5.26 Å². The minimum absolute atomic E-state index is 0.0941. The summed E-state index contributed by atoms with van der Waals surface area (Å²) in [7, 11) is 0. The fourth-order valence-electron chi connectivity index (χ4n) is 2.20. The van der Waals surface area contributed by atoms with Gasteiger partial charge in [-0.3, -0.25) is 4.79 Å². The third kappa shape index (κ3) is 4.12. The van der Waals surface area contributed by atoms with E-state index in [0.29, 0.717) is 28.6 Å². The van der Waals surface area contributed by atoms with Crippen molar-refractivity contribution in [3.63, 3.8) is 0 Å². The van der Waals surface area contributed by atoms with Gasteiger partial charge in [-0.15, -0.1) is 11.8 Å². The first-order valence-electron chi connectivity index (χ1n) is 7.66. The second-order valence-electron chi connectivity index (χ2n) is 5.55. The lowest BCUT2D eigenvalue weighted by atomic mass is 10.1. The SMILES string of the molecule is Cc1cccnc1NC(=O)CCSc1nc(C)c(C)c(C)c1C#N. The van der Waals surface area contributed by atoms with Gasteiger partial charge in [0.25, 0.3) is 0 Å². The first-order valence-corrected chi connectivity index (χ1v) is 8.64. The van der Waals surface area contributed by atoms with E-state index in [9.17, 15) is 10.1 Å². The van der Waals surface area contributed by atoms with E-state index >= 15 is 0 Å². The molecule has 0 aliphatic rings. The van der Waals surface area contributed by atoms with Crippen molar-refractivity contribution in [1.82, 2.24) is 9.97 Å². The van der Waals surface area contributed by atoms with Crippen LogP contribution < -0.4 is 5.32 Å². The molecule has 0 radical (unpaired) electrons. The molecule has 2 aromatic rings. The van der Waals surface area contributed by atoms with Crippen LogP contribution in [0.3, 0.4) is 0 Å². The highest BCUT2D eigenvalue weighted by atomic mass is 32.2. The van der Waals surface area contributed by atoms with Gasteiger partial charge in [0.1, 0.15) is 16.9 Å². The standard InChI is InChI=1S/C18H20N4OS/c1-11-6-5-8-20-17(11)22-16(23)7-9-24-18-15(10-19)13(3)12(2)14(4)21-18/h5-6,8H,7,9H2,1-4H3,(H,20,22,23). The van der Waals surface area contributed by atoms with Crippen molar-refractivity contribution >= 4 is 23.5 Å². The summed E-state index contributed by atoms with van der Waals surface area (Å²) in [4.78, 5) is 20.7. The zero-order chi connectivity index (χ0) is 17.7. The zero-order valence-electron chi connectivity index (χ0n) is 14.3. The molecule has 2 aromatic heterocycles. The molecule has 1 amide bonds. The molecule has 124 valence electrons. The summed E-state index contributed by atoms with van der Waals surface area (Å²) < 4.78 is 0. The molecule has 2 rings (SSSR count). The number of pyridine rings is 2. The Hall–Kier alpha value is -2.39. The molecule has 0 unspecified atom stereocenters. The molecule has 2 heterocycles. The van der Waals surface area contributed by atoms with Gasteiger partial charge in [-0.05, 0) is 50.5 Å². The molecule has 0 aliphatic carbocycles. The topological polar surface area (TPSA) is 78.7 Å². The molecule has 1 N–H and O–H groups in total. The molecular formula is C18H20N4OS. The van der Waals surface area contributed by atoms with Crippen LogP contribution in [-0.4, -0.2) is 21.6 Å². The first kappa shape index (κ1) is 18.0. The largest absolute Gasteiger partial charge is 0.310 e. The lowest BCUT2D eigenvalue weighted by Crippen LogP contribution is -2.14. The van der Waals surface area contributed by atoms with Crippen molar-refractivity contribution in [3.8, 4) is 6.07 Å². The van der Waals surface area contributed by atoms with Crippen LogP contribution in [-0.2, 0) is 4.79 Å². The summed E-state index contributed by atoms with van der Waals surface area (Å²) in [6.07, 6.45) is 1.98. The average Bonchev–Trinajstić information content (AvgIpc) is 2.55. The van der Waals surface area contributed by atoms with E-state index in [1.165, 1.54) is 11.8 Å². The van der Waals surface area contributed by atoms with E-state index in [0.717, 1.165) is 22.4 Å². The molecule has 0 saturated carbocycles. The minimum Gasteiger partial charge on any atom is -0.310 e. The Labute approximate surface area is 146 Å². The second-order valence-corrected chi connectivity index (χ2v) is 6.64. The molecule has 0 saturated heterocycles. The number of hydrogen-bond acceptors (Lipinski definition) is 5. The van der Waals surface area contributed by atoms with Crippen LogP contribution in [0.2, 0.25) is 0 Å². The van der Waals surface area contributed by atoms with E-state index in [-0.39, 0.29) is 5.91 Å². The van der Waals surface area contributed by atoms with Gasteiger partial charge in [-0.2, -0.15) is 5.26 Å². The van der Waals surface area contributed by atoms with Crippen LogP contribution in [0.5, 0.6) is 0 Å². The number of carbonyl (C=O) groups is 1. The van der Waals surface area contributed by atoms with Crippen molar-refractivity contribution in [2.75, 3.05) is 11.1 Å². The van der Waals surface area contributed by atoms with Gasteiger partial charge in [0, 0.05) is 24.1 Å². The van der Waals surface area contributed by atoms with E-state index < -0.39 is 0 Å². The third-order valence-corrected chi connectivity index (χ3v) is 4.89. The quantitative estimate of drug-likeness (QED) is 0.840. The van der Waals surface area contributed by atoms with Crippen molar-refractivity contribution < 1.29 is 4.79 Å². The highest BCUT2D eigenvalue weighted by Gasteiger charge is 2.13. The Morgan fingerprint density at radius 3 is 2.71 bits per heavy atom. The van der Waals surface area contributed by atoms with Crippen LogP contribution in [0, 0.1) is 39.0 Å². The highest BCUT2D eigenvalue weighted by Crippen LogP contribution is 2.26. The van der Waals surface area contributed by atoms with Gasteiger partial charge in [0.15, 0.2) is 0 Å². The number of aromatic nitrogens is 2. The van der Waals surface area contributed by atoms with Gasteiger partial charge in [0.05, 0.1) is 5.56 Å². The first-order chi connectivity index (χ1) is 11.4. The molecule has 0 spiro atoms.